The predicted molar refractivity (Wildman–Crippen MR) is 125 cm³/mol. The van der Waals surface area contributed by atoms with Crippen molar-refractivity contribution in [2.75, 3.05) is 13.7 Å². The molecule has 2 N–H and O–H groups in total. The number of non-ortho nitro benzene ring substituents is 2. The fraction of sp³-hybridized carbons (Fsp3) is 0.125. The van der Waals surface area contributed by atoms with E-state index in [0.717, 1.165) is 40.2 Å². The van der Waals surface area contributed by atoms with E-state index in [4.69, 9.17) is 4.74 Å². The number of nitro groups is 2. The normalized spacial score (nSPS) is 11.7. The summed E-state index contributed by atoms with van der Waals surface area (Å²) in [4.78, 5) is 36.9. The highest BCUT2D eigenvalue weighted by Gasteiger charge is 2.23. The van der Waals surface area contributed by atoms with Gasteiger partial charge in [-0.05, 0) is 29.3 Å². The summed E-state index contributed by atoms with van der Waals surface area (Å²) < 4.78 is 5.24. The maximum atomic E-state index is 12.9. The van der Waals surface area contributed by atoms with Gasteiger partial charge >= 0.3 is 0 Å². The monoisotopic (exact) mass is 460 g/mol. The molecule has 0 aliphatic rings. The number of nitrogens with zero attached hydrogens (tertiary/aromatic N) is 2. The minimum atomic E-state index is -0.768. The lowest BCUT2D eigenvalue weighted by atomic mass is 9.90. The van der Waals surface area contributed by atoms with Crippen molar-refractivity contribution in [1.82, 2.24) is 10.3 Å². The molecule has 3 aromatic carbocycles. The van der Waals surface area contributed by atoms with E-state index in [1.165, 1.54) is 0 Å². The van der Waals surface area contributed by atoms with Crippen LogP contribution in [0.4, 0.5) is 11.4 Å². The van der Waals surface area contributed by atoms with Crippen molar-refractivity contribution >= 4 is 28.2 Å². The van der Waals surface area contributed by atoms with Crippen molar-refractivity contribution < 1.29 is 19.4 Å². The Labute approximate surface area is 193 Å². The SMILES string of the molecule is COc1ccc(C(CNC(=O)c2cc([N+](=O)[O-])cc([N+](=O)[O-])c2)c2c[nH]c3ccccc23)cc1. The summed E-state index contributed by atoms with van der Waals surface area (Å²) in [7, 11) is 1.57. The van der Waals surface area contributed by atoms with Crippen molar-refractivity contribution in [3.63, 3.8) is 0 Å². The number of para-hydroxylation sites is 1. The number of amides is 1. The van der Waals surface area contributed by atoms with Gasteiger partial charge in [-0.1, -0.05) is 30.3 Å². The molecular formula is C24H20N4O6. The largest absolute Gasteiger partial charge is 0.497 e. The molecule has 1 amide bonds. The topological polar surface area (TPSA) is 140 Å². The van der Waals surface area contributed by atoms with Gasteiger partial charge in [0, 0.05) is 41.7 Å². The van der Waals surface area contributed by atoms with Gasteiger partial charge in [-0.2, -0.15) is 0 Å². The first-order valence-corrected chi connectivity index (χ1v) is 10.3. The molecule has 0 aliphatic heterocycles. The molecule has 4 aromatic rings. The number of methoxy groups -OCH3 is 1. The van der Waals surface area contributed by atoms with Crippen LogP contribution in [0.2, 0.25) is 0 Å². The number of hydrogen-bond donors (Lipinski definition) is 2. The van der Waals surface area contributed by atoms with Gasteiger partial charge in [0.1, 0.15) is 5.75 Å². The third-order valence-electron chi connectivity index (χ3n) is 5.57. The van der Waals surface area contributed by atoms with Gasteiger partial charge in [-0.3, -0.25) is 25.0 Å². The maximum absolute atomic E-state index is 12.9. The Kier molecular flexibility index (Phi) is 6.22. The van der Waals surface area contributed by atoms with Crippen LogP contribution in [0, 0.1) is 20.2 Å². The fourth-order valence-electron chi connectivity index (χ4n) is 3.86. The second-order valence-electron chi connectivity index (χ2n) is 7.58. The zero-order chi connectivity index (χ0) is 24.2. The average Bonchev–Trinajstić information content (AvgIpc) is 3.28. The lowest BCUT2D eigenvalue weighted by Crippen LogP contribution is -2.29. The zero-order valence-corrected chi connectivity index (χ0v) is 18.1. The van der Waals surface area contributed by atoms with Crippen LogP contribution in [0.3, 0.4) is 0 Å². The van der Waals surface area contributed by atoms with Crippen molar-refractivity contribution in [1.29, 1.82) is 0 Å². The molecule has 10 heteroatoms. The first-order valence-electron chi connectivity index (χ1n) is 10.3. The van der Waals surface area contributed by atoms with E-state index in [0.29, 0.717) is 5.75 Å². The number of nitro benzene ring substituents is 2. The minimum Gasteiger partial charge on any atom is -0.497 e. The minimum absolute atomic E-state index is 0.156. The smallest absolute Gasteiger partial charge is 0.277 e. The van der Waals surface area contributed by atoms with Crippen molar-refractivity contribution in [2.24, 2.45) is 0 Å². The van der Waals surface area contributed by atoms with Crippen LogP contribution in [0.1, 0.15) is 27.4 Å². The molecule has 1 heterocycles. The molecule has 1 atom stereocenters. The Bertz CT molecular complexity index is 1350. The molecule has 0 saturated carbocycles. The lowest BCUT2D eigenvalue weighted by molar-refractivity contribution is -0.394. The summed E-state index contributed by atoms with van der Waals surface area (Å²) in [5.74, 6) is -0.223. The third kappa shape index (κ3) is 4.56. The maximum Gasteiger partial charge on any atom is 0.277 e. The van der Waals surface area contributed by atoms with E-state index in [2.05, 4.69) is 10.3 Å². The second-order valence-corrected chi connectivity index (χ2v) is 7.58. The lowest BCUT2D eigenvalue weighted by Gasteiger charge is -2.18. The van der Waals surface area contributed by atoms with Gasteiger partial charge in [0.05, 0.1) is 28.6 Å². The molecule has 0 radical (unpaired) electrons. The number of H-pyrrole nitrogens is 1. The molecular weight excluding hydrogens is 440 g/mol. The van der Waals surface area contributed by atoms with E-state index >= 15 is 0 Å². The van der Waals surface area contributed by atoms with Gasteiger partial charge in [-0.15, -0.1) is 0 Å². The van der Waals surface area contributed by atoms with Crippen molar-refractivity contribution in [3.05, 3.63) is 110 Å². The fourth-order valence-corrected chi connectivity index (χ4v) is 3.86. The van der Waals surface area contributed by atoms with Gasteiger partial charge in [0.25, 0.3) is 17.3 Å². The molecule has 1 aromatic heterocycles. The Hall–Kier alpha value is -4.73. The summed E-state index contributed by atoms with van der Waals surface area (Å²) >= 11 is 0. The number of aromatic nitrogens is 1. The molecule has 0 fully saturated rings. The van der Waals surface area contributed by atoms with E-state index < -0.39 is 27.1 Å². The predicted octanol–water partition coefficient (Wildman–Crippen LogP) is 4.55. The molecule has 0 bridgehead atoms. The van der Waals surface area contributed by atoms with Crippen molar-refractivity contribution in [2.45, 2.75) is 5.92 Å². The summed E-state index contributed by atoms with van der Waals surface area (Å²) in [5, 5.41) is 26.1. The van der Waals surface area contributed by atoms with Crippen molar-refractivity contribution in [3.8, 4) is 5.75 Å². The highest BCUT2D eigenvalue weighted by molar-refractivity contribution is 5.95. The second kappa shape index (κ2) is 9.41. The third-order valence-corrected chi connectivity index (χ3v) is 5.57. The van der Waals surface area contributed by atoms with Crippen LogP contribution in [0.25, 0.3) is 10.9 Å². The average molecular weight is 460 g/mol. The molecule has 34 heavy (non-hydrogen) atoms. The first-order chi connectivity index (χ1) is 16.4. The number of carbonyl (C=O) groups is 1. The Morgan fingerprint density at radius 2 is 1.65 bits per heavy atom. The summed E-state index contributed by atoms with van der Waals surface area (Å²) in [6.45, 7) is 0.156. The van der Waals surface area contributed by atoms with E-state index in [-0.39, 0.29) is 18.0 Å². The first kappa shape index (κ1) is 22.5. The number of carbonyl (C=O) groups excluding carboxylic acids is 1. The van der Waals surface area contributed by atoms with E-state index in [9.17, 15) is 25.0 Å². The van der Waals surface area contributed by atoms with Gasteiger partial charge in [-0.25, -0.2) is 0 Å². The molecule has 0 saturated heterocycles. The van der Waals surface area contributed by atoms with Crippen LogP contribution < -0.4 is 10.1 Å². The Morgan fingerprint density at radius 1 is 1.00 bits per heavy atom. The summed E-state index contributed by atoms with van der Waals surface area (Å²) in [6, 6.07) is 18.1. The molecule has 0 aliphatic carbocycles. The molecule has 0 spiro atoms. The summed E-state index contributed by atoms with van der Waals surface area (Å²) in [5.41, 5.74) is 1.59. The van der Waals surface area contributed by atoms with Crippen LogP contribution in [0.15, 0.2) is 72.9 Å². The quantitative estimate of drug-likeness (QED) is 0.292. The van der Waals surface area contributed by atoms with E-state index in [1.54, 1.807) is 7.11 Å². The highest BCUT2D eigenvalue weighted by Crippen LogP contribution is 2.31. The molecule has 10 nitrogen and oxygen atoms in total. The van der Waals surface area contributed by atoms with E-state index in [1.807, 2.05) is 54.7 Å². The number of nitrogens with one attached hydrogen (secondary N) is 2. The van der Waals surface area contributed by atoms with Crippen LogP contribution in [0.5, 0.6) is 5.75 Å². The van der Waals surface area contributed by atoms with Crippen LogP contribution in [-0.2, 0) is 0 Å². The zero-order valence-electron chi connectivity index (χ0n) is 18.1. The molecule has 4 rings (SSSR count). The number of rotatable bonds is 8. The summed E-state index contributed by atoms with van der Waals surface area (Å²) in [6.07, 6.45) is 1.88. The van der Waals surface area contributed by atoms with Crippen LogP contribution in [-0.4, -0.2) is 34.4 Å². The number of hydrogen-bond acceptors (Lipinski definition) is 6. The Morgan fingerprint density at radius 3 is 2.26 bits per heavy atom. The van der Waals surface area contributed by atoms with Gasteiger partial charge in [0.2, 0.25) is 0 Å². The van der Waals surface area contributed by atoms with Gasteiger partial charge < -0.3 is 15.0 Å². The molecule has 1 unspecified atom stereocenters. The van der Waals surface area contributed by atoms with Crippen LogP contribution >= 0.6 is 0 Å². The number of aromatic amines is 1. The standard InChI is InChI=1S/C24H20N4O6/c1-34-19-8-6-15(7-9-19)21(22-14-25-23-5-3-2-4-20(22)23)13-26-24(29)16-10-17(27(30)31)12-18(11-16)28(32)33/h2-12,14,21,25H,13H2,1H3,(H,26,29). The highest BCUT2D eigenvalue weighted by atomic mass is 16.6. The number of ether oxygens (including phenoxy) is 1. The van der Waals surface area contributed by atoms with Gasteiger partial charge in [0.15, 0.2) is 0 Å². The Balaban J connectivity index is 1.67. The number of benzene rings is 3. The number of fused-ring (bicyclic) bond motifs is 1. The molecule has 172 valence electrons.